The highest BCUT2D eigenvalue weighted by molar-refractivity contribution is 7.99. The fraction of sp³-hybridized carbons (Fsp3) is 0.600. The SMILES string of the molecule is CO[Si](CCCOCC(O)CSc1ncccc1C(=O)O)(OC)OC. The molecule has 8 nitrogen and oxygen atoms in total. The largest absolute Gasteiger partial charge is 0.500 e. The topological polar surface area (TPSA) is 107 Å². The quantitative estimate of drug-likeness (QED) is 0.294. The standard InChI is InChI=1S/C15H25NO7SSi/c1-20-25(21-2,22-3)9-5-8-23-10-12(17)11-24-14-13(15(18)19)6-4-7-16-14/h4,6-7,12,17H,5,8-11H2,1-3H3,(H,18,19). The number of aromatic nitrogens is 1. The average Bonchev–Trinajstić information content (AvgIpc) is 2.63. The number of carbonyl (C=O) groups is 1. The second-order valence-electron chi connectivity index (χ2n) is 5.10. The summed E-state index contributed by atoms with van der Waals surface area (Å²) in [4.78, 5) is 15.1. The third kappa shape index (κ3) is 7.40. The van der Waals surface area contributed by atoms with E-state index in [2.05, 4.69) is 4.98 Å². The van der Waals surface area contributed by atoms with Crippen molar-refractivity contribution in [2.24, 2.45) is 0 Å². The lowest BCUT2D eigenvalue weighted by atomic mass is 10.3. The van der Waals surface area contributed by atoms with Gasteiger partial charge in [-0.2, -0.15) is 0 Å². The molecule has 1 atom stereocenters. The van der Waals surface area contributed by atoms with E-state index in [9.17, 15) is 9.90 Å². The number of carboxylic acid groups (broad SMARTS) is 1. The average molecular weight is 392 g/mol. The van der Waals surface area contributed by atoms with Gasteiger partial charge >= 0.3 is 14.8 Å². The third-order valence-corrected chi connectivity index (χ3v) is 7.41. The first-order valence-electron chi connectivity index (χ1n) is 7.70. The van der Waals surface area contributed by atoms with Crippen LogP contribution in [-0.2, 0) is 18.0 Å². The number of nitrogens with zero attached hydrogens (tertiary/aromatic N) is 1. The molecule has 0 bridgehead atoms. The number of pyridine rings is 1. The van der Waals surface area contributed by atoms with E-state index < -0.39 is 20.9 Å². The van der Waals surface area contributed by atoms with E-state index in [4.69, 9.17) is 23.1 Å². The van der Waals surface area contributed by atoms with Crippen LogP contribution < -0.4 is 0 Å². The molecular formula is C15H25NO7SSi. The summed E-state index contributed by atoms with van der Waals surface area (Å²) in [6, 6.07) is 3.67. The molecule has 1 heterocycles. The van der Waals surface area contributed by atoms with Gasteiger partial charge in [-0.15, -0.1) is 11.8 Å². The van der Waals surface area contributed by atoms with Gasteiger partial charge in [-0.1, -0.05) is 0 Å². The van der Waals surface area contributed by atoms with E-state index in [-0.39, 0.29) is 12.2 Å². The van der Waals surface area contributed by atoms with Gasteiger partial charge in [0.2, 0.25) is 0 Å². The van der Waals surface area contributed by atoms with Crippen molar-refractivity contribution in [2.45, 2.75) is 23.6 Å². The summed E-state index contributed by atoms with van der Waals surface area (Å²) in [6.45, 7) is 0.597. The van der Waals surface area contributed by atoms with E-state index in [1.807, 2.05) is 0 Å². The van der Waals surface area contributed by atoms with Crippen LogP contribution in [0.15, 0.2) is 23.4 Å². The number of rotatable bonds is 13. The molecule has 1 aromatic rings. The number of carboxylic acids is 1. The number of aliphatic hydroxyl groups is 1. The third-order valence-electron chi connectivity index (χ3n) is 3.43. The zero-order valence-corrected chi connectivity index (χ0v) is 16.5. The highest BCUT2D eigenvalue weighted by Gasteiger charge is 2.36. The summed E-state index contributed by atoms with van der Waals surface area (Å²) < 4.78 is 21.4. The maximum atomic E-state index is 11.1. The van der Waals surface area contributed by atoms with E-state index in [0.717, 1.165) is 0 Å². The molecule has 0 saturated heterocycles. The molecule has 2 N–H and O–H groups in total. The minimum absolute atomic E-state index is 0.126. The van der Waals surface area contributed by atoms with Crippen molar-refractivity contribution >= 4 is 26.5 Å². The smallest absolute Gasteiger partial charge is 0.478 e. The van der Waals surface area contributed by atoms with Gasteiger partial charge in [0.15, 0.2) is 0 Å². The fourth-order valence-corrected chi connectivity index (χ4v) is 4.64. The zero-order valence-electron chi connectivity index (χ0n) is 14.6. The Morgan fingerprint density at radius 2 is 2.00 bits per heavy atom. The molecule has 0 spiro atoms. The maximum absolute atomic E-state index is 11.1. The number of hydrogen-bond acceptors (Lipinski definition) is 8. The van der Waals surface area contributed by atoms with Crippen LogP contribution in [0.3, 0.4) is 0 Å². The molecule has 1 aromatic heterocycles. The van der Waals surface area contributed by atoms with Crippen LogP contribution in [0, 0.1) is 0 Å². The Kier molecular flexibility index (Phi) is 10.2. The molecular weight excluding hydrogens is 366 g/mol. The predicted molar refractivity (Wildman–Crippen MR) is 95.0 cm³/mol. The number of hydrogen-bond donors (Lipinski definition) is 2. The van der Waals surface area contributed by atoms with Crippen molar-refractivity contribution in [1.29, 1.82) is 0 Å². The summed E-state index contributed by atoms with van der Waals surface area (Å²) in [5.41, 5.74) is 0.126. The van der Waals surface area contributed by atoms with Crippen LogP contribution in [-0.4, -0.2) is 76.4 Å². The maximum Gasteiger partial charge on any atom is 0.500 e. The van der Waals surface area contributed by atoms with Gasteiger partial charge in [0, 0.05) is 45.9 Å². The van der Waals surface area contributed by atoms with E-state index in [1.54, 1.807) is 27.4 Å². The molecule has 0 amide bonds. The van der Waals surface area contributed by atoms with Crippen molar-refractivity contribution in [3.8, 4) is 0 Å². The van der Waals surface area contributed by atoms with E-state index in [0.29, 0.717) is 29.9 Å². The first-order chi connectivity index (χ1) is 12.0. The Morgan fingerprint density at radius 1 is 1.32 bits per heavy atom. The Balaban J connectivity index is 2.28. The van der Waals surface area contributed by atoms with Gasteiger partial charge in [0.1, 0.15) is 5.03 Å². The van der Waals surface area contributed by atoms with E-state index >= 15 is 0 Å². The Bertz CT molecular complexity index is 522. The summed E-state index contributed by atoms with van der Waals surface area (Å²) in [5.74, 6) is -0.743. The number of aromatic carboxylic acids is 1. The molecule has 25 heavy (non-hydrogen) atoms. The molecule has 1 rings (SSSR count). The molecule has 0 radical (unpaired) electrons. The van der Waals surface area contributed by atoms with E-state index in [1.165, 1.54) is 24.0 Å². The van der Waals surface area contributed by atoms with Crippen LogP contribution >= 0.6 is 11.8 Å². The van der Waals surface area contributed by atoms with Crippen LogP contribution in [0.5, 0.6) is 0 Å². The molecule has 0 aromatic carbocycles. The number of ether oxygens (including phenoxy) is 1. The van der Waals surface area contributed by atoms with Gasteiger partial charge in [0.25, 0.3) is 0 Å². The van der Waals surface area contributed by atoms with Crippen LogP contribution in [0.4, 0.5) is 0 Å². The van der Waals surface area contributed by atoms with Crippen molar-refractivity contribution < 1.29 is 33.0 Å². The summed E-state index contributed by atoms with van der Waals surface area (Å²) in [6.07, 6.45) is 1.49. The monoisotopic (exact) mass is 391 g/mol. The molecule has 0 aliphatic heterocycles. The van der Waals surface area contributed by atoms with Gasteiger partial charge in [-0.3, -0.25) is 0 Å². The molecule has 1 unspecified atom stereocenters. The fourth-order valence-electron chi connectivity index (χ4n) is 2.06. The first kappa shape index (κ1) is 22.0. The van der Waals surface area contributed by atoms with Crippen molar-refractivity contribution in [3.63, 3.8) is 0 Å². The first-order valence-corrected chi connectivity index (χ1v) is 10.6. The Labute approximate surface area is 152 Å². The van der Waals surface area contributed by atoms with Crippen LogP contribution in [0.25, 0.3) is 0 Å². The van der Waals surface area contributed by atoms with Gasteiger partial charge in [-0.05, 0) is 18.6 Å². The lowest BCUT2D eigenvalue weighted by Gasteiger charge is -2.24. The molecule has 0 aliphatic rings. The highest BCUT2D eigenvalue weighted by atomic mass is 32.2. The Morgan fingerprint density at radius 3 is 2.60 bits per heavy atom. The Hall–Kier alpha value is -1.01. The second-order valence-corrected chi connectivity index (χ2v) is 9.20. The predicted octanol–water partition coefficient (Wildman–Crippen LogP) is 1.52. The molecule has 0 saturated carbocycles. The minimum Gasteiger partial charge on any atom is -0.478 e. The van der Waals surface area contributed by atoms with Crippen molar-refractivity contribution in [3.05, 3.63) is 23.9 Å². The second kappa shape index (κ2) is 11.6. The molecule has 0 aliphatic carbocycles. The highest BCUT2D eigenvalue weighted by Crippen LogP contribution is 2.21. The number of aliphatic hydroxyl groups excluding tert-OH is 1. The summed E-state index contributed by atoms with van der Waals surface area (Å²) >= 11 is 1.19. The summed E-state index contributed by atoms with van der Waals surface area (Å²) in [5, 5.41) is 19.4. The minimum atomic E-state index is -2.58. The molecule has 142 valence electrons. The van der Waals surface area contributed by atoms with Crippen molar-refractivity contribution in [1.82, 2.24) is 4.98 Å². The lowest BCUT2D eigenvalue weighted by Crippen LogP contribution is -2.42. The number of thioether (sulfide) groups is 1. The normalized spacial score (nSPS) is 13.0. The van der Waals surface area contributed by atoms with Gasteiger partial charge in [-0.25, -0.2) is 9.78 Å². The lowest BCUT2D eigenvalue weighted by molar-refractivity contribution is 0.0461. The summed E-state index contributed by atoms with van der Waals surface area (Å²) in [7, 11) is 2.10. The van der Waals surface area contributed by atoms with Crippen molar-refractivity contribution in [2.75, 3.05) is 40.3 Å². The van der Waals surface area contributed by atoms with Crippen LogP contribution in [0.2, 0.25) is 6.04 Å². The zero-order chi connectivity index (χ0) is 18.7. The van der Waals surface area contributed by atoms with Gasteiger partial charge in [0.05, 0.1) is 18.3 Å². The van der Waals surface area contributed by atoms with Gasteiger partial charge < -0.3 is 28.2 Å². The van der Waals surface area contributed by atoms with Crippen LogP contribution in [0.1, 0.15) is 16.8 Å². The molecule has 10 heteroatoms. The molecule has 0 fully saturated rings.